The van der Waals surface area contributed by atoms with Crippen LogP contribution in [0.3, 0.4) is 0 Å². The summed E-state index contributed by atoms with van der Waals surface area (Å²) < 4.78 is 5.52. The normalized spacial score (nSPS) is 16.9. The van der Waals surface area contributed by atoms with Gasteiger partial charge < -0.3 is 25.2 Å². The summed E-state index contributed by atoms with van der Waals surface area (Å²) in [5.41, 5.74) is 3.73. The van der Waals surface area contributed by atoms with Crippen molar-refractivity contribution < 1.29 is 4.74 Å². The van der Waals surface area contributed by atoms with Crippen LogP contribution in [-0.4, -0.2) is 58.2 Å². The molecule has 1 saturated heterocycles. The number of nitrogens with zero attached hydrogens (tertiary/aromatic N) is 3. The predicted molar refractivity (Wildman–Crippen MR) is 121 cm³/mol. The fraction of sp³-hybridized carbons (Fsp3) is 0.435. The molecule has 1 fully saturated rings. The molecule has 0 aliphatic carbocycles. The van der Waals surface area contributed by atoms with Crippen molar-refractivity contribution >= 4 is 11.6 Å². The van der Waals surface area contributed by atoms with E-state index in [0.717, 1.165) is 50.0 Å². The van der Waals surface area contributed by atoms with Gasteiger partial charge in [0.15, 0.2) is 5.96 Å². The van der Waals surface area contributed by atoms with Gasteiger partial charge in [-0.3, -0.25) is 4.99 Å². The van der Waals surface area contributed by atoms with Gasteiger partial charge in [-0.1, -0.05) is 36.4 Å². The maximum Gasteiger partial charge on any atom is 0.191 e. The Morgan fingerprint density at radius 3 is 2.72 bits per heavy atom. The number of guanidine groups is 1. The lowest BCUT2D eigenvalue weighted by molar-refractivity contribution is 0.402. The molecule has 6 nitrogen and oxygen atoms in total. The SMILES string of the molecule is CN=C(NCc1cccc(CN(C)C)c1)NC1CCN(c2ccccc2OC)C1. The van der Waals surface area contributed by atoms with Crippen molar-refractivity contribution in [2.75, 3.05) is 46.2 Å². The van der Waals surface area contributed by atoms with Crippen LogP contribution in [0.25, 0.3) is 0 Å². The highest BCUT2D eigenvalue weighted by Crippen LogP contribution is 2.30. The van der Waals surface area contributed by atoms with Crippen LogP contribution >= 0.6 is 0 Å². The molecule has 2 aromatic rings. The molecule has 6 heteroatoms. The van der Waals surface area contributed by atoms with Crippen LogP contribution in [0.15, 0.2) is 53.5 Å². The number of hydrogen-bond acceptors (Lipinski definition) is 4. The van der Waals surface area contributed by atoms with Gasteiger partial charge >= 0.3 is 0 Å². The second-order valence-electron chi connectivity index (χ2n) is 7.73. The predicted octanol–water partition coefficient (Wildman–Crippen LogP) is 2.70. The van der Waals surface area contributed by atoms with Gasteiger partial charge in [0.25, 0.3) is 0 Å². The van der Waals surface area contributed by atoms with Crippen molar-refractivity contribution in [2.45, 2.75) is 25.6 Å². The standard InChI is InChI=1S/C23H33N5O/c1-24-23(25-15-18-8-7-9-19(14-18)16-27(2)3)26-20-12-13-28(17-20)21-10-5-6-11-22(21)29-4/h5-11,14,20H,12-13,15-17H2,1-4H3,(H2,24,25,26). The first-order valence-corrected chi connectivity index (χ1v) is 10.2. The van der Waals surface area contributed by atoms with Crippen LogP contribution in [0.4, 0.5) is 5.69 Å². The molecule has 1 atom stereocenters. The van der Waals surface area contributed by atoms with Gasteiger partial charge in [0, 0.05) is 39.3 Å². The highest BCUT2D eigenvalue weighted by molar-refractivity contribution is 5.80. The Morgan fingerprint density at radius 2 is 1.97 bits per heavy atom. The van der Waals surface area contributed by atoms with E-state index < -0.39 is 0 Å². The van der Waals surface area contributed by atoms with Crippen LogP contribution in [0.5, 0.6) is 5.75 Å². The van der Waals surface area contributed by atoms with E-state index in [2.05, 4.69) is 75.9 Å². The summed E-state index contributed by atoms with van der Waals surface area (Å²) in [6, 6.07) is 17.2. The van der Waals surface area contributed by atoms with Crippen LogP contribution in [0.1, 0.15) is 17.5 Å². The van der Waals surface area contributed by atoms with Crippen LogP contribution in [0, 0.1) is 0 Å². The summed E-state index contributed by atoms with van der Waals surface area (Å²) in [4.78, 5) is 8.96. The Hall–Kier alpha value is -2.73. The number of nitrogens with one attached hydrogen (secondary N) is 2. The number of para-hydroxylation sites is 2. The molecule has 1 unspecified atom stereocenters. The Bertz CT molecular complexity index is 820. The molecule has 156 valence electrons. The molecule has 3 rings (SSSR count). The fourth-order valence-electron chi connectivity index (χ4n) is 3.76. The maximum absolute atomic E-state index is 5.52. The maximum atomic E-state index is 5.52. The van der Waals surface area contributed by atoms with Crippen molar-refractivity contribution in [3.63, 3.8) is 0 Å². The average Bonchev–Trinajstić information content (AvgIpc) is 3.19. The lowest BCUT2D eigenvalue weighted by Gasteiger charge is -2.22. The molecule has 2 aromatic carbocycles. The number of anilines is 1. The van der Waals surface area contributed by atoms with E-state index in [-0.39, 0.29) is 0 Å². The molecule has 1 aliphatic heterocycles. The minimum absolute atomic E-state index is 0.353. The number of hydrogen-bond donors (Lipinski definition) is 2. The van der Waals surface area contributed by atoms with Crippen molar-refractivity contribution in [3.8, 4) is 5.75 Å². The average molecular weight is 396 g/mol. The van der Waals surface area contributed by atoms with Gasteiger partial charge in [0.2, 0.25) is 0 Å². The Labute approximate surface area is 174 Å². The molecule has 0 amide bonds. The third-order valence-electron chi connectivity index (χ3n) is 5.13. The van der Waals surface area contributed by atoms with Gasteiger partial charge in [0.1, 0.15) is 5.75 Å². The molecule has 0 aromatic heterocycles. The quantitative estimate of drug-likeness (QED) is 0.558. The molecule has 0 saturated carbocycles. The first-order valence-electron chi connectivity index (χ1n) is 10.2. The van der Waals surface area contributed by atoms with Crippen molar-refractivity contribution in [1.82, 2.24) is 15.5 Å². The summed E-state index contributed by atoms with van der Waals surface area (Å²) >= 11 is 0. The Morgan fingerprint density at radius 1 is 1.17 bits per heavy atom. The first kappa shape index (κ1) is 21.0. The number of methoxy groups -OCH3 is 1. The van der Waals surface area contributed by atoms with Crippen molar-refractivity contribution in [3.05, 3.63) is 59.7 Å². The largest absolute Gasteiger partial charge is 0.495 e. The van der Waals surface area contributed by atoms with Gasteiger partial charge in [0.05, 0.1) is 12.8 Å². The zero-order valence-corrected chi connectivity index (χ0v) is 18.0. The van der Waals surface area contributed by atoms with E-state index in [0.29, 0.717) is 6.04 Å². The topological polar surface area (TPSA) is 52.1 Å². The summed E-state index contributed by atoms with van der Waals surface area (Å²) in [6.07, 6.45) is 1.07. The molecule has 0 radical (unpaired) electrons. The highest BCUT2D eigenvalue weighted by atomic mass is 16.5. The molecule has 1 heterocycles. The molecule has 1 aliphatic rings. The molecule has 0 bridgehead atoms. The molecular formula is C23H33N5O. The first-order chi connectivity index (χ1) is 14.1. The minimum Gasteiger partial charge on any atom is -0.495 e. The molecule has 2 N–H and O–H groups in total. The Balaban J connectivity index is 1.53. The summed E-state index contributed by atoms with van der Waals surface area (Å²) in [5, 5.41) is 7.02. The summed E-state index contributed by atoms with van der Waals surface area (Å²) in [5.74, 6) is 1.77. The summed E-state index contributed by atoms with van der Waals surface area (Å²) in [7, 11) is 7.73. The van der Waals surface area contributed by atoms with E-state index in [4.69, 9.17) is 4.74 Å². The van der Waals surface area contributed by atoms with Gasteiger partial charge in [-0.15, -0.1) is 0 Å². The Kier molecular flexibility index (Phi) is 7.36. The van der Waals surface area contributed by atoms with Gasteiger partial charge in [-0.2, -0.15) is 0 Å². The van der Waals surface area contributed by atoms with E-state index >= 15 is 0 Å². The number of rotatable bonds is 7. The lowest BCUT2D eigenvalue weighted by atomic mass is 10.1. The van der Waals surface area contributed by atoms with E-state index in [9.17, 15) is 0 Å². The fourth-order valence-corrected chi connectivity index (χ4v) is 3.76. The van der Waals surface area contributed by atoms with Gasteiger partial charge in [-0.25, -0.2) is 0 Å². The molecular weight excluding hydrogens is 362 g/mol. The second-order valence-corrected chi connectivity index (χ2v) is 7.73. The van der Waals surface area contributed by atoms with E-state index in [1.165, 1.54) is 11.1 Å². The van der Waals surface area contributed by atoms with E-state index in [1.54, 1.807) is 7.11 Å². The highest BCUT2D eigenvalue weighted by Gasteiger charge is 2.25. The van der Waals surface area contributed by atoms with E-state index in [1.807, 2.05) is 19.2 Å². The van der Waals surface area contributed by atoms with Crippen LogP contribution in [-0.2, 0) is 13.1 Å². The van der Waals surface area contributed by atoms with Crippen LogP contribution in [0.2, 0.25) is 0 Å². The number of benzene rings is 2. The second kappa shape index (κ2) is 10.2. The molecule has 0 spiro atoms. The summed E-state index contributed by atoms with van der Waals surface area (Å²) in [6.45, 7) is 3.63. The smallest absolute Gasteiger partial charge is 0.191 e. The number of ether oxygens (including phenoxy) is 1. The lowest BCUT2D eigenvalue weighted by Crippen LogP contribution is -2.44. The van der Waals surface area contributed by atoms with Gasteiger partial charge in [-0.05, 0) is 43.8 Å². The van der Waals surface area contributed by atoms with Crippen molar-refractivity contribution in [1.29, 1.82) is 0 Å². The monoisotopic (exact) mass is 395 g/mol. The third kappa shape index (κ3) is 5.87. The third-order valence-corrected chi connectivity index (χ3v) is 5.13. The number of aliphatic imine (C=N–C) groups is 1. The molecule has 29 heavy (non-hydrogen) atoms. The van der Waals surface area contributed by atoms with Crippen molar-refractivity contribution in [2.24, 2.45) is 4.99 Å². The minimum atomic E-state index is 0.353. The zero-order chi connectivity index (χ0) is 20.6. The van der Waals surface area contributed by atoms with Crippen LogP contribution < -0.4 is 20.3 Å². The zero-order valence-electron chi connectivity index (χ0n) is 18.0.